The summed E-state index contributed by atoms with van der Waals surface area (Å²) in [5.41, 5.74) is 1.93. The van der Waals surface area contributed by atoms with E-state index in [1.165, 1.54) is 0 Å². The molecule has 2 fully saturated rings. The second-order valence-electron chi connectivity index (χ2n) is 11.8. The third-order valence-corrected chi connectivity index (χ3v) is 18.3. The molecule has 5 rings (SSSR count). The minimum Gasteiger partial charge on any atom is -0.424 e. The van der Waals surface area contributed by atoms with Crippen LogP contribution in [-0.4, -0.2) is 56.4 Å². The summed E-state index contributed by atoms with van der Waals surface area (Å²) in [6, 6.07) is 11.6. The fourth-order valence-electron chi connectivity index (χ4n) is 6.03. The fourth-order valence-corrected chi connectivity index (χ4v) is 17.2. The van der Waals surface area contributed by atoms with Crippen LogP contribution in [0.25, 0.3) is 0 Å². The molecule has 38 heavy (non-hydrogen) atoms. The van der Waals surface area contributed by atoms with Gasteiger partial charge in [-0.25, -0.2) is 4.99 Å². The summed E-state index contributed by atoms with van der Waals surface area (Å²) in [5, 5.41) is 12.0. The Morgan fingerprint density at radius 1 is 0.947 bits per heavy atom. The smallest absolute Gasteiger partial charge is 0.335 e. The minimum atomic E-state index is -2.97. The number of hydrogen-bond donors (Lipinski definition) is 1. The molecule has 9 nitrogen and oxygen atoms in total. The second-order valence-corrected chi connectivity index (χ2v) is 20.7. The van der Waals surface area contributed by atoms with Crippen molar-refractivity contribution in [3.8, 4) is 6.01 Å². The van der Waals surface area contributed by atoms with E-state index < -0.39 is 41.3 Å². The number of hydrogen-bond acceptors (Lipinski definition) is 8. The SMILES string of the molecule is CC(C)[Si]1(C(C)C)OC[C@@H]2O[C@@H]3n4ccc(=Nc5ccccc5)nc4O[C@]3(O)C2O[Si](C(C)C)(C(C)C)O1. The zero-order valence-electron chi connectivity index (χ0n) is 23.6. The zero-order valence-corrected chi connectivity index (χ0v) is 25.6. The number of fused-ring (bicyclic) bond motifs is 5. The Morgan fingerprint density at radius 2 is 1.58 bits per heavy atom. The summed E-state index contributed by atoms with van der Waals surface area (Å²) in [6.07, 6.45) is -0.351. The van der Waals surface area contributed by atoms with Gasteiger partial charge in [0.2, 0.25) is 6.23 Å². The van der Waals surface area contributed by atoms with Gasteiger partial charge in [0.05, 0.1) is 12.3 Å². The lowest BCUT2D eigenvalue weighted by Crippen LogP contribution is -2.67. The molecule has 2 saturated heterocycles. The summed E-state index contributed by atoms with van der Waals surface area (Å²) >= 11 is 0. The van der Waals surface area contributed by atoms with Crippen LogP contribution in [0, 0.1) is 0 Å². The number of para-hydroxylation sites is 1. The van der Waals surface area contributed by atoms with Gasteiger partial charge in [-0.3, -0.25) is 4.57 Å². The van der Waals surface area contributed by atoms with Crippen LogP contribution in [0.15, 0.2) is 47.6 Å². The highest BCUT2D eigenvalue weighted by Gasteiger charge is 2.69. The molecular weight excluding hydrogens is 518 g/mol. The number of ether oxygens (including phenoxy) is 2. The van der Waals surface area contributed by atoms with Crippen molar-refractivity contribution in [1.29, 1.82) is 0 Å². The first-order valence-corrected chi connectivity index (χ1v) is 17.6. The maximum Gasteiger partial charge on any atom is 0.335 e. The predicted octanol–water partition coefficient (Wildman–Crippen LogP) is 5.05. The van der Waals surface area contributed by atoms with Crippen LogP contribution in [0.4, 0.5) is 5.69 Å². The van der Waals surface area contributed by atoms with Gasteiger partial charge in [-0.05, 0) is 40.4 Å². The highest BCUT2D eigenvalue weighted by molar-refractivity contribution is 6.84. The van der Waals surface area contributed by atoms with Crippen LogP contribution in [0.2, 0.25) is 22.2 Å². The van der Waals surface area contributed by atoms with Crippen molar-refractivity contribution in [2.24, 2.45) is 4.99 Å². The van der Waals surface area contributed by atoms with Crippen molar-refractivity contribution in [2.75, 3.05) is 6.61 Å². The lowest BCUT2D eigenvalue weighted by Gasteiger charge is -2.51. The van der Waals surface area contributed by atoms with Gasteiger partial charge in [-0.2, -0.15) is 4.98 Å². The maximum atomic E-state index is 12.0. The molecule has 0 bridgehead atoms. The third kappa shape index (κ3) is 4.32. The predicted molar refractivity (Wildman–Crippen MR) is 147 cm³/mol. The van der Waals surface area contributed by atoms with E-state index in [4.69, 9.17) is 22.4 Å². The molecule has 0 radical (unpaired) electrons. The summed E-state index contributed by atoms with van der Waals surface area (Å²) in [4.78, 5) is 9.14. The number of nitrogens with zero attached hydrogens (tertiary/aromatic N) is 3. The van der Waals surface area contributed by atoms with Gasteiger partial charge in [0.1, 0.15) is 12.2 Å². The van der Waals surface area contributed by atoms with Crippen LogP contribution in [0.3, 0.4) is 0 Å². The van der Waals surface area contributed by atoms with E-state index in [-0.39, 0.29) is 34.8 Å². The van der Waals surface area contributed by atoms with Crippen LogP contribution in [-0.2, 0) is 17.7 Å². The maximum absolute atomic E-state index is 12.0. The second kappa shape index (κ2) is 9.95. The number of aliphatic hydroxyl groups is 1. The van der Waals surface area contributed by atoms with E-state index >= 15 is 0 Å². The molecule has 2 aromatic rings. The largest absolute Gasteiger partial charge is 0.424 e. The van der Waals surface area contributed by atoms with E-state index in [1.54, 1.807) is 16.8 Å². The minimum absolute atomic E-state index is 0.114. The molecule has 1 aromatic heterocycles. The lowest BCUT2D eigenvalue weighted by molar-refractivity contribution is -0.203. The van der Waals surface area contributed by atoms with E-state index in [1.807, 2.05) is 30.3 Å². The number of benzene rings is 1. The normalized spacial score (nSPS) is 30.2. The van der Waals surface area contributed by atoms with Gasteiger partial charge in [-0.15, -0.1) is 0 Å². The molecule has 3 aliphatic rings. The number of aromatic nitrogens is 2. The monoisotopic (exact) mass is 559 g/mol. The first kappa shape index (κ1) is 27.7. The molecular formula is C27H41N3O6Si2. The van der Waals surface area contributed by atoms with Crippen molar-refractivity contribution >= 4 is 22.8 Å². The van der Waals surface area contributed by atoms with Gasteiger partial charge in [0.25, 0.3) is 5.79 Å². The molecule has 1 unspecified atom stereocenters. The highest BCUT2D eigenvalue weighted by atomic mass is 28.5. The molecule has 0 aliphatic carbocycles. The van der Waals surface area contributed by atoms with Crippen LogP contribution < -0.4 is 10.2 Å². The Morgan fingerprint density at radius 3 is 2.18 bits per heavy atom. The molecule has 4 heterocycles. The summed E-state index contributed by atoms with van der Waals surface area (Å²) in [5.74, 6) is -1.78. The molecule has 0 spiro atoms. The molecule has 0 amide bonds. The molecule has 11 heteroatoms. The summed E-state index contributed by atoms with van der Waals surface area (Å²) in [6.45, 7) is 17.6. The third-order valence-electron chi connectivity index (χ3n) is 8.05. The Kier molecular flexibility index (Phi) is 7.25. The Hall–Kier alpha value is -1.87. The van der Waals surface area contributed by atoms with Crippen molar-refractivity contribution in [3.63, 3.8) is 0 Å². The van der Waals surface area contributed by atoms with Crippen LogP contribution in [0.5, 0.6) is 6.01 Å². The molecule has 1 aromatic carbocycles. The van der Waals surface area contributed by atoms with Gasteiger partial charge < -0.3 is 27.5 Å². The first-order valence-electron chi connectivity index (χ1n) is 13.7. The van der Waals surface area contributed by atoms with Crippen LogP contribution in [0.1, 0.15) is 61.6 Å². The summed E-state index contributed by atoms with van der Waals surface area (Å²) in [7, 11) is -5.69. The highest BCUT2D eigenvalue weighted by Crippen LogP contribution is 2.53. The van der Waals surface area contributed by atoms with E-state index in [9.17, 15) is 5.11 Å². The fraction of sp³-hybridized carbons (Fsp3) is 0.630. The van der Waals surface area contributed by atoms with Crippen molar-refractivity contribution in [3.05, 3.63) is 48.1 Å². The molecule has 1 N–H and O–H groups in total. The quantitative estimate of drug-likeness (QED) is 0.512. The Bertz CT molecular complexity index is 1200. The average molecular weight is 560 g/mol. The Balaban J connectivity index is 1.55. The molecule has 208 valence electrons. The van der Waals surface area contributed by atoms with Gasteiger partial charge >= 0.3 is 23.1 Å². The Labute approximate surface area is 227 Å². The number of rotatable bonds is 5. The van der Waals surface area contributed by atoms with E-state index in [2.05, 4.69) is 65.4 Å². The standard InChI is InChI=1S/C27H41N3O6Si2/c1-17(2)37(18(3)4)32-16-22-24(35-38(36-37,19(5)6)20(7)8)27(31)25(33-22)30-15-14-23(29-26(30)34-27)28-21-12-10-9-11-13-21/h9-15,17-20,22,24-25,31H,16H2,1-8H3/t22-,24?,25-,27+/m0/s1. The van der Waals surface area contributed by atoms with Gasteiger partial charge in [-0.1, -0.05) is 73.6 Å². The average Bonchev–Trinajstić information content (AvgIpc) is 3.26. The van der Waals surface area contributed by atoms with Gasteiger partial charge in [0, 0.05) is 6.20 Å². The molecule has 0 saturated carbocycles. The zero-order chi connectivity index (χ0) is 27.5. The van der Waals surface area contributed by atoms with E-state index in [0.29, 0.717) is 5.49 Å². The topological polar surface area (TPSA) is 96.6 Å². The van der Waals surface area contributed by atoms with Crippen molar-refractivity contribution in [1.82, 2.24) is 9.55 Å². The van der Waals surface area contributed by atoms with Crippen LogP contribution >= 0.6 is 0 Å². The van der Waals surface area contributed by atoms with Crippen molar-refractivity contribution < 1.29 is 27.5 Å². The van der Waals surface area contributed by atoms with E-state index in [0.717, 1.165) is 5.69 Å². The lowest BCUT2D eigenvalue weighted by atomic mass is 10.1. The summed E-state index contributed by atoms with van der Waals surface area (Å²) < 4.78 is 35.5. The molecule has 3 aliphatic heterocycles. The molecule has 4 atom stereocenters. The first-order chi connectivity index (χ1) is 17.9. The van der Waals surface area contributed by atoms with Crippen molar-refractivity contribution in [2.45, 2.75) is 102 Å². The van der Waals surface area contributed by atoms with Gasteiger partial charge in [0.15, 0.2) is 5.49 Å².